The lowest BCUT2D eigenvalue weighted by molar-refractivity contribution is -0.384. The number of rotatable bonds is 6. The summed E-state index contributed by atoms with van der Waals surface area (Å²) >= 11 is 0. The summed E-state index contributed by atoms with van der Waals surface area (Å²) in [5, 5.41) is 15.5. The van der Waals surface area contributed by atoms with E-state index in [0.717, 1.165) is 5.56 Å². The van der Waals surface area contributed by atoms with Gasteiger partial charge in [0.05, 0.1) is 17.9 Å². The number of fused-ring (bicyclic) bond motifs is 1. The maximum absolute atomic E-state index is 12.0. The van der Waals surface area contributed by atoms with E-state index in [9.17, 15) is 19.7 Å². The van der Waals surface area contributed by atoms with Crippen molar-refractivity contribution in [3.8, 4) is 0 Å². The number of non-ortho nitro benzene ring substituents is 1. The molecule has 1 aromatic carbocycles. The van der Waals surface area contributed by atoms with Crippen LogP contribution in [0.3, 0.4) is 0 Å². The molecule has 0 aliphatic carbocycles. The Hall–Kier alpha value is -4.09. The van der Waals surface area contributed by atoms with Crippen LogP contribution in [0.15, 0.2) is 30.6 Å². The number of nitrogens with one attached hydrogen (secondary N) is 3. The van der Waals surface area contributed by atoms with Crippen LogP contribution < -0.4 is 10.6 Å². The number of H-pyrrole nitrogens is 1. The Morgan fingerprint density at radius 1 is 1.21 bits per heavy atom. The Kier molecular flexibility index (Phi) is 5.39. The van der Waals surface area contributed by atoms with Gasteiger partial charge in [0.15, 0.2) is 11.5 Å². The van der Waals surface area contributed by atoms with E-state index in [-0.39, 0.29) is 35.6 Å². The molecule has 2 heterocycles. The molecule has 3 aromatic rings. The summed E-state index contributed by atoms with van der Waals surface area (Å²) in [6, 6.07) is 5.96. The first-order valence-electron chi connectivity index (χ1n) is 8.08. The lowest BCUT2D eigenvalue weighted by Crippen LogP contribution is -2.18. The van der Waals surface area contributed by atoms with Crippen LogP contribution in [0.25, 0.3) is 11.2 Å². The van der Waals surface area contributed by atoms with Crippen molar-refractivity contribution in [1.29, 1.82) is 0 Å². The van der Waals surface area contributed by atoms with Gasteiger partial charge in [0.1, 0.15) is 5.52 Å². The molecule has 0 saturated carbocycles. The molecule has 0 aliphatic rings. The van der Waals surface area contributed by atoms with Gasteiger partial charge in [0, 0.05) is 25.5 Å². The highest BCUT2D eigenvalue weighted by Gasteiger charge is 2.14. The zero-order valence-corrected chi connectivity index (χ0v) is 14.6. The van der Waals surface area contributed by atoms with Crippen LogP contribution in [0.1, 0.15) is 12.5 Å². The third kappa shape index (κ3) is 4.55. The van der Waals surface area contributed by atoms with Gasteiger partial charge in [-0.3, -0.25) is 25.5 Å². The largest absolute Gasteiger partial charge is 0.449 e. The molecule has 0 unspecified atom stereocenters. The van der Waals surface area contributed by atoms with E-state index in [1.807, 2.05) is 0 Å². The lowest BCUT2D eigenvalue weighted by atomic mass is 10.1. The minimum atomic E-state index is -0.759. The molecule has 0 saturated heterocycles. The van der Waals surface area contributed by atoms with E-state index < -0.39 is 11.0 Å². The molecule has 0 spiro atoms. The monoisotopic (exact) mass is 385 g/mol. The molecule has 12 heteroatoms. The summed E-state index contributed by atoms with van der Waals surface area (Å²) < 4.78 is 5.11. The summed E-state index contributed by atoms with van der Waals surface area (Å²) in [7, 11) is 0. The number of benzene rings is 1. The highest BCUT2D eigenvalue weighted by molar-refractivity contribution is 5.95. The van der Waals surface area contributed by atoms with Gasteiger partial charge in [0.2, 0.25) is 11.9 Å². The number of carbonyl (C=O) groups is 2. The van der Waals surface area contributed by atoms with Crippen LogP contribution in [0, 0.1) is 10.1 Å². The summed E-state index contributed by atoms with van der Waals surface area (Å²) in [5.41, 5.74) is 1.41. The molecule has 2 aromatic heterocycles. The number of hydrogen-bond acceptors (Lipinski definition) is 8. The Morgan fingerprint density at radius 2 is 1.96 bits per heavy atom. The van der Waals surface area contributed by atoms with Crippen molar-refractivity contribution in [2.24, 2.45) is 0 Å². The van der Waals surface area contributed by atoms with Gasteiger partial charge in [-0.1, -0.05) is 12.1 Å². The number of amides is 2. The number of hydrogen-bond donors (Lipinski definition) is 3. The maximum atomic E-state index is 12.0. The highest BCUT2D eigenvalue weighted by Crippen LogP contribution is 2.19. The third-order valence-corrected chi connectivity index (χ3v) is 3.56. The fourth-order valence-corrected chi connectivity index (χ4v) is 2.32. The van der Waals surface area contributed by atoms with Crippen LogP contribution in [0.5, 0.6) is 0 Å². The first-order chi connectivity index (χ1) is 13.4. The first kappa shape index (κ1) is 18.7. The SMILES string of the molecule is CC(=O)Nc1nc(NC(=O)OCCc2ccc([N+](=O)[O-])cc2)c2[nH]cnc2n1. The molecule has 0 aliphatic heterocycles. The van der Waals surface area contributed by atoms with E-state index >= 15 is 0 Å². The molecule has 28 heavy (non-hydrogen) atoms. The number of aromatic amines is 1. The fraction of sp³-hybridized carbons (Fsp3) is 0.188. The van der Waals surface area contributed by atoms with Crippen LogP contribution in [-0.2, 0) is 16.0 Å². The number of ether oxygens (including phenoxy) is 1. The van der Waals surface area contributed by atoms with E-state index in [2.05, 4.69) is 30.6 Å². The predicted molar refractivity (Wildman–Crippen MR) is 97.8 cm³/mol. The summed E-state index contributed by atoms with van der Waals surface area (Å²) in [4.78, 5) is 48.2. The van der Waals surface area contributed by atoms with Crippen LogP contribution in [0.4, 0.5) is 22.2 Å². The van der Waals surface area contributed by atoms with Crippen molar-refractivity contribution in [3.05, 3.63) is 46.3 Å². The summed E-state index contributed by atoms with van der Waals surface area (Å²) in [5.74, 6) is -0.272. The lowest BCUT2D eigenvalue weighted by Gasteiger charge is -2.08. The number of nitro groups is 1. The second kappa shape index (κ2) is 8.07. The molecular weight excluding hydrogens is 370 g/mol. The predicted octanol–water partition coefficient (Wildman–Crippen LogP) is 2.01. The van der Waals surface area contributed by atoms with Gasteiger partial charge in [-0.15, -0.1) is 0 Å². The van der Waals surface area contributed by atoms with E-state index in [1.54, 1.807) is 12.1 Å². The van der Waals surface area contributed by atoms with E-state index in [0.29, 0.717) is 11.9 Å². The second-order valence-electron chi connectivity index (χ2n) is 5.61. The number of imidazole rings is 1. The Morgan fingerprint density at radius 3 is 2.64 bits per heavy atom. The highest BCUT2D eigenvalue weighted by atomic mass is 16.6. The van der Waals surface area contributed by atoms with E-state index in [4.69, 9.17) is 4.74 Å². The number of aromatic nitrogens is 4. The van der Waals surface area contributed by atoms with Crippen molar-refractivity contribution in [2.75, 3.05) is 17.2 Å². The normalized spacial score (nSPS) is 10.5. The van der Waals surface area contributed by atoms with Crippen molar-refractivity contribution >= 4 is 40.6 Å². The zero-order valence-electron chi connectivity index (χ0n) is 14.6. The first-order valence-corrected chi connectivity index (χ1v) is 8.08. The number of carbonyl (C=O) groups excluding carboxylic acids is 2. The average Bonchev–Trinajstić information content (AvgIpc) is 3.10. The number of anilines is 2. The zero-order chi connectivity index (χ0) is 20.1. The molecule has 2 amide bonds. The van der Waals surface area contributed by atoms with Crippen molar-refractivity contribution in [2.45, 2.75) is 13.3 Å². The Bertz CT molecular complexity index is 1030. The molecule has 12 nitrogen and oxygen atoms in total. The fourth-order valence-electron chi connectivity index (χ4n) is 2.32. The van der Waals surface area contributed by atoms with Gasteiger partial charge in [0.25, 0.3) is 5.69 Å². The Labute approximate surface area is 157 Å². The van der Waals surface area contributed by atoms with Crippen molar-refractivity contribution in [3.63, 3.8) is 0 Å². The van der Waals surface area contributed by atoms with Gasteiger partial charge < -0.3 is 9.72 Å². The Balaban J connectivity index is 1.60. The number of nitro benzene ring substituents is 1. The third-order valence-electron chi connectivity index (χ3n) is 3.56. The molecule has 144 valence electrons. The van der Waals surface area contributed by atoms with Gasteiger partial charge in [-0.25, -0.2) is 9.78 Å². The van der Waals surface area contributed by atoms with Gasteiger partial charge >= 0.3 is 6.09 Å². The molecule has 3 rings (SSSR count). The molecule has 0 bridgehead atoms. The van der Waals surface area contributed by atoms with Crippen molar-refractivity contribution < 1.29 is 19.2 Å². The van der Waals surface area contributed by atoms with Crippen molar-refractivity contribution in [1.82, 2.24) is 19.9 Å². The summed E-state index contributed by atoms with van der Waals surface area (Å²) in [6.07, 6.45) is 0.999. The van der Waals surface area contributed by atoms with Gasteiger partial charge in [-0.2, -0.15) is 9.97 Å². The smallest absolute Gasteiger partial charge is 0.412 e. The molecule has 0 radical (unpaired) electrons. The standard InChI is InChI=1S/C16H15N7O5/c1-9(24)19-15-20-13-12(17-8-18-13)14(21-15)22-16(25)28-7-6-10-2-4-11(5-3-10)23(26)27/h2-5,8H,6-7H2,1H3,(H3,17,18,19,20,21,22,24,25). The van der Waals surface area contributed by atoms with E-state index in [1.165, 1.54) is 25.4 Å². The number of nitrogens with zero attached hydrogens (tertiary/aromatic N) is 4. The molecular formula is C16H15N7O5. The topological polar surface area (TPSA) is 165 Å². The van der Waals surface area contributed by atoms with Crippen LogP contribution >= 0.6 is 0 Å². The quantitative estimate of drug-likeness (QED) is 0.428. The van der Waals surface area contributed by atoms with Crippen LogP contribution in [-0.4, -0.2) is 43.5 Å². The average molecular weight is 385 g/mol. The second-order valence-corrected chi connectivity index (χ2v) is 5.61. The molecule has 0 fully saturated rings. The minimum Gasteiger partial charge on any atom is -0.449 e. The minimum absolute atomic E-state index is 0.00622. The molecule has 3 N–H and O–H groups in total. The van der Waals surface area contributed by atoms with Gasteiger partial charge in [-0.05, 0) is 5.56 Å². The maximum Gasteiger partial charge on any atom is 0.412 e. The summed E-state index contributed by atoms with van der Waals surface area (Å²) in [6.45, 7) is 1.36. The molecule has 0 atom stereocenters. The van der Waals surface area contributed by atoms with Crippen LogP contribution in [0.2, 0.25) is 0 Å².